The number of amides is 1. The van der Waals surface area contributed by atoms with E-state index in [2.05, 4.69) is 19.7 Å². The summed E-state index contributed by atoms with van der Waals surface area (Å²) in [5.74, 6) is 0.0283. The monoisotopic (exact) mass is 546 g/mol. The number of sulfonamides is 1. The molecule has 0 atom stereocenters. The first-order valence-electron chi connectivity index (χ1n) is 12.4. The van der Waals surface area contributed by atoms with Gasteiger partial charge in [0.1, 0.15) is 16.2 Å². The van der Waals surface area contributed by atoms with Gasteiger partial charge in [-0.1, -0.05) is 17.7 Å². The molecule has 0 spiro atoms. The fourth-order valence-electron chi connectivity index (χ4n) is 4.23. The molecule has 1 aromatic carbocycles. The van der Waals surface area contributed by atoms with Gasteiger partial charge in [0.15, 0.2) is 0 Å². The van der Waals surface area contributed by atoms with Crippen molar-refractivity contribution in [1.82, 2.24) is 19.7 Å². The molecule has 39 heavy (non-hydrogen) atoms. The van der Waals surface area contributed by atoms with Crippen LogP contribution in [0.2, 0.25) is 0 Å². The number of pyridine rings is 3. The lowest BCUT2D eigenvalue weighted by Crippen LogP contribution is -2.31. The number of hydrogen-bond acceptors (Lipinski definition) is 8. The Morgan fingerprint density at radius 1 is 0.897 bits per heavy atom. The van der Waals surface area contributed by atoms with Crippen molar-refractivity contribution in [3.05, 3.63) is 88.2 Å². The van der Waals surface area contributed by atoms with Gasteiger partial charge in [0.05, 0.1) is 23.7 Å². The summed E-state index contributed by atoms with van der Waals surface area (Å²) in [6, 6.07) is 13.5. The number of benzene rings is 1. The standard InChI is InChI=1S/C29H30N4O5S/c1-7-37-26-16-18(3)15-24(31-26)23-11-10-22(28(34)33-39(35,36)25-9-8-12-30-21(25)6)29(32-23)38-27-19(4)13-17(2)14-20(27)5/h8-16H,7H2,1-6H3,(H,33,34). The zero-order valence-electron chi connectivity index (χ0n) is 22.7. The molecule has 0 unspecified atom stereocenters. The predicted molar refractivity (Wildman–Crippen MR) is 148 cm³/mol. The summed E-state index contributed by atoms with van der Waals surface area (Å²) in [5.41, 5.74) is 4.82. The number of aromatic nitrogens is 3. The van der Waals surface area contributed by atoms with Crippen LogP contribution in [-0.4, -0.2) is 35.9 Å². The van der Waals surface area contributed by atoms with Crippen LogP contribution in [0.5, 0.6) is 17.5 Å². The quantitative estimate of drug-likeness (QED) is 0.312. The number of carbonyl (C=O) groups is 1. The number of hydrogen-bond donors (Lipinski definition) is 1. The summed E-state index contributed by atoms with van der Waals surface area (Å²) >= 11 is 0. The van der Waals surface area contributed by atoms with Crippen LogP contribution in [0.25, 0.3) is 11.4 Å². The Labute approximate surface area is 228 Å². The first-order chi connectivity index (χ1) is 18.5. The van der Waals surface area contributed by atoms with Crippen LogP contribution < -0.4 is 14.2 Å². The molecule has 202 valence electrons. The van der Waals surface area contributed by atoms with Gasteiger partial charge in [0.2, 0.25) is 11.8 Å². The zero-order chi connectivity index (χ0) is 28.3. The molecular formula is C29H30N4O5S. The van der Waals surface area contributed by atoms with E-state index >= 15 is 0 Å². The number of carbonyl (C=O) groups excluding carboxylic acids is 1. The lowest BCUT2D eigenvalue weighted by Gasteiger charge is -2.16. The molecule has 3 heterocycles. The number of aryl methyl sites for hydroxylation is 5. The topological polar surface area (TPSA) is 120 Å². The van der Waals surface area contributed by atoms with Crippen molar-refractivity contribution >= 4 is 15.9 Å². The Kier molecular flexibility index (Phi) is 7.96. The van der Waals surface area contributed by atoms with E-state index in [1.165, 1.54) is 24.4 Å². The minimum Gasteiger partial charge on any atom is -0.478 e. The average Bonchev–Trinajstić information content (AvgIpc) is 2.85. The maximum absolute atomic E-state index is 13.4. The van der Waals surface area contributed by atoms with Crippen LogP contribution in [0.3, 0.4) is 0 Å². The number of nitrogens with one attached hydrogen (secondary N) is 1. The fraction of sp³-hybridized carbons (Fsp3) is 0.241. The molecule has 4 aromatic rings. The van der Waals surface area contributed by atoms with Crippen molar-refractivity contribution in [2.24, 2.45) is 0 Å². The van der Waals surface area contributed by atoms with Crippen molar-refractivity contribution in [2.45, 2.75) is 46.4 Å². The third-order valence-electron chi connectivity index (χ3n) is 5.88. The fourth-order valence-corrected chi connectivity index (χ4v) is 5.40. The van der Waals surface area contributed by atoms with Gasteiger partial charge < -0.3 is 9.47 Å². The van der Waals surface area contributed by atoms with Crippen molar-refractivity contribution < 1.29 is 22.7 Å². The Morgan fingerprint density at radius 2 is 1.59 bits per heavy atom. The van der Waals surface area contributed by atoms with Crippen LogP contribution in [0.4, 0.5) is 0 Å². The Morgan fingerprint density at radius 3 is 2.26 bits per heavy atom. The summed E-state index contributed by atoms with van der Waals surface area (Å²) in [7, 11) is -4.20. The van der Waals surface area contributed by atoms with Crippen LogP contribution in [0.15, 0.2) is 59.6 Å². The molecule has 0 radical (unpaired) electrons. The maximum atomic E-state index is 13.4. The minimum absolute atomic E-state index is 0.0547. The van der Waals surface area contributed by atoms with Gasteiger partial charge in [-0.3, -0.25) is 9.78 Å². The number of ether oxygens (including phenoxy) is 2. The molecule has 0 fully saturated rings. The molecule has 0 aliphatic heterocycles. The summed E-state index contributed by atoms with van der Waals surface area (Å²) < 4.78 is 40.0. The smallest absolute Gasteiger partial charge is 0.270 e. The summed E-state index contributed by atoms with van der Waals surface area (Å²) in [6.45, 7) is 11.6. The van der Waals surface area contributed by atoms with Gasteiger partial charge in [-0.05, 0) is 88.6 Å². The van der Waals surface area contributed by atoms with Crippen molar-refractivity contribution in [3.63, 3.8) is 0 Å². The highest BCUT2D eigenvalue weighted by molar-refractivity contribution is 7.90. The lowest BCUT2D eigenvalue weighted by atomic mass is 10.1. The van der Waals surface area contributed by atoms with Crippen molar-refractivity contribution in [1.29, 1.82) is 0 Å². The number of rotatable bonds is 8. The SMILES string of the molecule is CCOc1cc(C)cc(-c2ccc(C(=O)NS(=O)(=O)c3cccnc3C)c(Oc3c(C)cc(C)cc3C)n2)n1. The Hall–Kier alpha value is -4.31. The largest absolute Gasteiger partial charge is 0.478 e. The molecule has 0 aliphatic rings. The molecule has 3 aromatic heterocycles. The van der Waals surface area contributed by atoms with Gasteiger partial charge in [-0.25, -0.2) is 23.1 Å². The Balaban J connectivity index is 1.81. The zero-order valence-corrected chi connectivity index (χ0v) is 23.5. The molecule has 10 heteroatoms. The van der Waals surface area contributed by atoms with E-state index in [0.717, 1.165) is 22.3 Å². The average molecular weight is 547 g/mol. The van der Waals surface area contributed by atoms with Crippen molar-refractivity contribution in [3.8, 4) is 28.9 Å². The first-order valence-corrected chi connectivity index (χ1v) is 13.8. The van der Waals surface area contributed by atoms with E-state index in [-0.39, 0.29) is 22.0 Å². The predicted octanol–water partition coefficient (Wildman–Crippen LogP) is 5.39. The van der Waals surface area contributed by atoms with Crippen LogP contribution in [-0.2, 0) is 10.0 Å². The molecule has 0 saturated heterocycles. The highest BCUT2D eigenvalue weighted by Crippen LogP contribution is 2.33. The molecule has 9 nitrogen and oxygen atoms in total. The van der Waals surface area contributed by atoms with Crippen LogP contribution in [0.1, 0.15) is 45.2 Å². The molecule has 0 saturated carbocycles. The van der Waals surface area contributed by atoms with E-state index in [9.17, 15) is 13.2 Å². The molecular weight excluding hydrogens is 516 g/mol. The first kappa shape index (κ1) is 27.7. The highest BCUT2D eigenvalue weighted by atomic mass is 32.2. The second-order valence-corrected chi connectivity index (χ2v) is 10.9. The summed E-state index contributed by atoms with van der Waals surface area (Å²) in [5, 5.41) is 0. The van der Waals surface area contributed by atoms with E-state index in [1.54, 1.807) is 13.0 Å². The van der Waals surface area contributed by atoms with Crippen molar-refractivity contribution in [2.75, 3.05) is 6.61 Å². The van der Waals surface area contributed by atoms with Gasteiger partial charge in [0, 0.05) is 12.3 Å². The maximum Gasteiger partial charge on any atom is 0.270 e. The number of nitrogens with zero attached hydrogens (tertiary/aromatic N) is 3. The molecule has 1 amide bonds. The third-order valence-corrected chi connectivity index (χ3v) is 7.35. The second kappa shape index (κ2) is 11.2. The van der Waals surface area contributed by atoms with Gasteiger partial charge in [-0.15, -0.1) is 0 Å². The lowest BCUT2D eigenvalue weighted by molar-refractivity contribution is 0.0978. The normalized spacial score (nSPS) is 11.2. The molecule has 4 rings (SSSR count). The molecule has 0 bridgehead atoms. The summed E-state index contributed by atoms with van der Waals surface area (Å²) in [6.07, 6.45) is 1.48. The van der Waals surface area contributed by atoms with E-state index in [0.29, 0.717) is 29.6 Å². The van der Waals surface area contributed by atoms with Gasteiger partial charge in [0.25, 0.3) is 15.9 Å². The van der Waals surface area contributed by atoms with Crippen LogP contribution in [0, 0.1) is 34.6 Å². The van der Waals surface area contributed by atoms with Gasteiger partial charge >= 0.3 is 0 Å². The Bertz CT molecular complexity index is 1650. The van der Waals surface area contributed by atoms with Gasteiger partial charge in [-0.2, -0.15) is 0 Å². The van der Waals surface area contributed by atoms with Crippen LogP contribution >= 0.6 is 0 Å². The highest BCUT2D eigenvalue weighted by Gasteiger charge is 2.25. The van der Waals surface area contributed by atoms with E-state index < -0.39 is 15.9 Å². The molecule has 0 aliphatic carbocycles. The third kappa shape index (κ3) is 6.23. The van der Waals surface area contributed by atoms with E-state index in [4.69, 9.17) is 9.47 Å². The minimum atomic E-state index is -4.20. The van der Waals surface area contributed by atoms with E-state index in [1.807, 2.05) is 58.9 Å². The molecule has 1 N–H and O–H groups in total. The summed E-state index contributed by atoms with van der Waals surface area (Å²) in [4.78, 5) is 26.4. The second-order valence-electron chi connectivity index (χ2n) is 9.20.